The first-order valence-electron chi connectivity index (χ1n) is 9.62. The zero-order valence-electron chi connectivity index (χ0n) is 17.3. The summed E-state index contributed by atoms with van der Waals surface area (Å²) in [5, 5.41) is 7.37. The fourth-order valence-corrected chi connectivity index (χ4v) is 2.93. The van der Waals surface area contributed by atoms with Crippen molar-refractivity contribution in [2.75, 3.05) is 29.6 Å². The van der Waals surface area contributed by atoms with E-state index < -0.39 is 35.9 Å². The smallest absolute Gasteiger partial charge is 0.418 e. The standard InChI is InChI=1S/C23H19F4N3O3/c1-33-20-5-3-2-4-19(20)30-21(31)13-28-18-11-10-16(12-17(18)23(25,26)27)29-22(32)14-6-8-15(24)9-7-14/h2-12,28H,13H2,1H3,(H,29,32)(H,30,31). The highest BCUT2D eigenvalue weighted by atomic mass is 19.4. The number of para-hydroxylation sites is 2. The summed E-state index contributed by atoms with van der Waals surface area (Å²) in [5.74, 6) is -1.42. The van der Waals surface area contributed by atoms with E-state index in [1.807, 2.05) is 0 Å². The van der Waals surface area contributed by atoms with Gasteiger partial charge in [0.25, 0.3) is 5.91 Å². The minimum Gasteiger partial charge on any atom is -0.495 e. The first-order chi connectivity index (χ1) is 15.7. The van der Waals surface area contributed by atoms with E-state index in [4.69, 9.17) is 4.74 Å². The van der Waals surface area contributed by atoms with Gasteiger partial charge in [0.2, 0.25) is 5.91 Å². The summed E-state index contributed by atoms with van der Waals surface area (Å²) in [6.45, 7) is -0.442. The van der Waals surface area contributed by atoms with Gasteiger partial charge in [-0.25, -0.2) is 4.39 Å². The molecule has 3 aromatic carbocycles. The zero-order chi connectivity index (χ0) is 24.0. The summed E-state index contributed by atoms with van der Waals surface area (Å²) < 4.78 is 58.9. The minimum absolute atomic E-state index is 0.0835. The predicted molar refractivity (Wildman–Crippen MR) is 116 cm³/mol. The topological polar surface area (TPSA) is 79.5 Å². The maximum absolute atomic E-state index is 13.6. The number of halogens is 4. The third-order valence-corrected chi connectivity index (χ3v) is 4.51. The zero-order valence-corrected chi connectivity index (χ0v) is 17.3. The van der Waals surface area contributed by atoms with Crippen LogP contribution in [0.3, 0.4) is 0 Å². The summed E-state index contributed by atoms with van der Waals surface area (Å²) in [5.41, 5.74) is -1.05. The average molecular weight is 461 g/mol. The van der Waals surface area contributed by atoms with Crippen molar-refractivity contribution < 1.29 is 31.9 Å². The molecule has 0 aliphatic heterocycles. The van der Waals surface area contributed by atoms with Crippen LogP contribution >= 0.6 is 0 Å². The lowest BCUT2D eigenvalue weighted by molar-refractivity contribution is -0.137. The molecular weight excluding hydrogens is 442 g/mol. The Labute approximate surface area is 186 Å². The van der Waals surface area contributed by atoms with Gasteiger partial charge in [-0.3, -0.25) is 9.59 Å². The Bertz CT molecular complexity index is 1150. The third kappa shape index (κ3) is 6.22. The number of carbonyl (C=O) groups is 2. The minimum atomic E-state index is -4.75. The van der Waals surface area contributed by atoms with E-state index in [0.29, 0.717) is 11.4 Å². The number of hydrogen-bond acceptors (Lipinski definition) is 4. The number of carbonyl (C=O) groups excluding carboxylic acids is 2. The summed E-state index contributed by atoms with van der Waals surface area (Å²) in [6, 6.07) is 14.3. The first kappa shape index (κ1) is 23.6. The van der Waals surface area contributed by atoms with E-state index in [1.165, 1.54) is 25.3 Å². The number of hydrogen-bond donors (Lipinski definition) is 3. The number of alkyl halides is 3. The van der Waals surface area contributed by atoms with Crippen LogP contribution in [0.25, 0.3) is 0 Å². The molecule has 0 spiro atoms. The normalized spacial score (nSPS) is 10.9. The fourth-order valence-electron chi connectivity index (χ4n) is 2.93. The van der Waals surface area contributed by atoms with Crippen molar-refractivity contribution >= 4 is 28.9 Å². The molecule has 0 bridgehead atoms. The molecule has 0 radical (unpaired) electrons. The number of nitrogens with one attached hydrogen (secondary N) is 3. The van der Waals surface area contributed by atoms with Crippen molar-refractivity contribution in [2.45, 2.75) is 6.18 Å². The number of anilines is 3. The van der Waals surface area contributed by atoms with Crippen LogP contribution in [0.4, 0.5) is 34.6 Å². The highest BCUT2D eigenvalue weighted by molar-refractivity contribution is 6.04. The lowest BCUT2D eigenvalue weighted by Gasteiger charge is -2.17. The molecule has 0 saturated carbocycles. The van der Waals surface area contributed by atoms with E-state index in [2.05, 4.69) is 16.0 Å². The molecule has 0 unspecified atom stereocenters. The molecule has 2 amide bonds. The summed E-state index contributed by atoms with van der Waals surface area (Å²) in [6.07, 6.45) is -4.75. The molecule has 6 nitrogen and oxygen atoms in total. The van der Waals surface area contributed by atoms with E-state index in [1.54, 1.807) is 24.3 Å². The second-order valence-electron chi connectivity index (χ2n) is 6.82. The van der Waals surface area contributed by atoms with E-state index in [-0.39, 0.29) is 16.9 Å². The molecule has 0 aliphatic carbocycles. The third-order valence-electron chi connectivity index (χ3n) is 4.51. The Morgan fingerprint density at radius 1 is 0.909 bits per heavy atom. The van der Waals surface area contributed by atoms with Gasteiger partial charge in [-0.15, -0.1) is 0 Å². The molecule has 0 fully saturated rings. The van der Waals surface area contributed by atoms with Gasteiger partial charge in [-0.2, -0.15) is 13.2 Å². The predicted octanol–water partition coefficient (Wildman–Crippen LogP) is 5.16. The number of amides is 2. The van der Waals surface area contributed by atoms with Crippen LogP contribution in [0.5, 0.6) is 5.75 Å². The maximum atomic E-state index is 13.6. The molecule has 3 aromatic rings. The summed E-state index contributed by atoms with van der Waals surface area (Å²) >= 11 is 0. The highest BCUT2D eigenvalue weighted by Gasteiger charge is 2.34. The Morgan fingerprint density at radius 3 is 2.27 bits per heavy atom. The molecule has 0 aliphatic rings. The van der Waals surface area contributed by atoms with Crippen molar-refractivity contribution in [1.82, 2.24) is 0 Å². The molecule has 10 heteroatoms. The Morgan fingerprint density at radius 2 is 1.61 bits per heavy atom. The molecule has 33 heavy (non-hydrogen) atoms. The molecule has 0 atom stereocenters. The monoisotopic (exact) mass is 461 g/mol. The van der Waals surface area contributed by atoms with E-state index in [0.717, 1.165) is 24.3 Å². The lowest BCUT2D eigenvalue weighted by Crippen LogP contribution is -2.23. The van der Waals surface area contributed by atoms with Crippen molar-refractivity contribution in [2.24, 2.45) is 0 Å². The van der Waals surface area contributed by atoms with Gasteiger partial charge in [-0.05, 0) is 54.6 Å². The quantitative estimate of drug-likeness (QED) is 0.425. The molecule has 172 valence electrons. The Balaban J connectivity index is 1.72. The molecule has 3 rings (SSSR count). The van der Waals surface area contributed by atoms with Crippen molar-refractivity contribution in [3.05, 3.63) is 83.7 Å². The number of rotatable bonds is 7. The average Bonchev–Trinajstić information content (AvgIpc) is 2.78. The van der Waals surface area contributed by atoms with Crippen LogP contribution in [-0.2, 0) is 11.0 Å². The molecule has 3 N–H and O–H groups in total. The molecular formula is C23H19F4N3O3. The lowest BCUT2D eigenvalue weighted by atomic mass is 10.1. The van der Waals surface area contributed by atoms with Gasteiger partial charge in [0, 0.05) is 16.9 Å². The van der Waals surface area contributed by atoms with Crippen LogP contribution in [0, 0.1) is 5.82 Å². The van der Waals surface area contributed by atoms with Gasteiger partial charge >= 0.3 is 6.18 Å². The number of ether oxygens (including phenoxy) is 1. The van der Waals surface area contributed by atoms with Crippen molar-refractivity contribution in [3.63, 3.8) is 0 Å². The molecule has 0 aromatic heterocycles. The summed E-state index contributed by atoms with van der Waals surface area (Å²) in [4.78, 5) is 24.4. The van der Waals surface area contributed by atoms with Gasteiger partial charge in [0.1, 0.15) is 11.6 Å². The molecule has 0 saturated heterocycles. The maximum Gasteiger partial charge on any atom is 0.418 e. The van der Waals surface area contributed by atoms with Crippen LogP contribution < -0.4 is 20.7 Å². The largest absolute Gasteiger partial charge is 0.495 e. The van der Waals surface area contributed by atoms with Gasteiger partial charge in [0.15, 0.2) is 0 Å². The SMILES string of the molecule is COc1ccccc1NC(=O)CNc1ccc(NC(=O)c2ccc(F)cc2)cc1C(F)(F)F. The summed E-state index contributed by atoms with van der Waals surface area (Å²) in [7, 11) is 1.43. The van der Waals surface area contributed by atoms with Crippen LogP contribution in [0.2, 0.25) is 0 Å². The molecule has 0 heterocycles. The second kappa shape index (κ2) is 10.0. The van der Waals surface area contributed by atoms with Crippen molar-refractivity contribution in [1.29, 1.82) is 0 Å². The van der Waals surface area contributed by atoms with Gasteiger partial charge < -0.3 is 20.7 Å². The van der Waals surface area contributed by atoms with Gasteiger partial charge in [-0.1, -0.05) is 12.1 Å². The Kier molecular flexibility index (Phi) is 7.17. The second-order valence-corrected chi connectivity index (χ2v) is 6.82. The van der Waals surface area contributed by atoms with Crippen molar-refractivity contribution in [3.8, 4) is 5.75 Å². The fraction of sp³-hybridized carbons (Fsp3) is 0.130. The highest BCUT2D eigenvalue weighted by Crippen LogP contribution is 2.36. The van der Waals surface area contributed by atoms with Crippen LogP contribution in [0.15, 0.2) is 66.7 Å². The first-order valence-corrected chi connectivity index (χ1v) is 9.62. The van der Waals surface area contributed by atoms with Gasteiger partial charge in [0.05, 0.1) is 24.9 Å². The van der Waals surface area contributed by atoms with E-state index >= 15 is 0 Å². The van der Waals surface area contributed by atoms with Crippen LogP contribution in [0.1, 0.15) is 15.9 Å². The van der Waals surface area contributed by atoms with Crippen LogP contribution in [-0.4, -0.2) is 25.5 Å². The van der Waals surface area contributed by atoms with E-state index in [9.17, 15) is 27.2 Å². The number of methoxy groups -OCH3 is 1. The number of benzene rings is 3. The Hall–Kier alpha value is -4.08.